The van der Waals surface area contributed by atoms with E-state index in [1.807, 2.05) is 30.7 Å². The first kappa shape index (κ1) is 12.0. The number of allylic oxidation sites excluding steroid dienone is 1. The van der Waals surface area contributed by atoms with Crippen LogP contribution in [0.1, 0.15) is 43.7 Å². The number of nitrogens with zero attached hydrogens (tertiary/aromatic N) is 2. The summed E-state index contributed by atoms with van der Waals surface area (Å²) in [5.41, 5.74) is 1.90. The van der Waals surface area contributed by atoms with Crippen molar-refractivity contribution >= 4 is 0 Å². The Bertz CT molecular complexity index is 317. The first-order chi connectivity index (χ1) is 7.19. The van der Waals surface area contributed by atoms with Gasteiger partial charge in [0, 0.05) is 6.54 Å². The number of aliphatic hydroxyl groups excluding tert-OH is 1. The zero-order valence-corrected chi connectivity index (χ0v) is 9.61. The average molecular weight is 208 g/mol. The highest BCUT2D eigenvalue weighted by Gasteiger charge is 2.13. The number of hydrogen-bond acceptors (Lipinski definition) is 2. The van der Waals surface area contributed by atoms with E-state index in [-0.39, 0.29) is 0 Å². The Morgan fingerprint density at radius 2 is 2.40 bits per heavy atom. The van der Waals surface area contributed by atoms with Crippen LogP contribution >= 0.6 is 0 Å². The molecule has 84 valence electrons. The summed E-state index contributed by atoms with van der Waals surface area (Å²) in [7, 11) is 0. The van der Waals surface area contributed by atoms with Gasteiger partial charge in [0.05, 0.1) is 17.5 Å². The maximum atomic E-state index is 9.98. The molecule has 1 unspecified atom stereocenters. The quantitative estimate of drug-likeness (QED) is 0.576. The van der Waals surface area contributed by atoms with Crippen molar-refractivity contribution < 1.29 is 5.11 Å². The lowest BCUT2D eigenvalue weighted by Gasteiger charge is -2.11. The van der Waals surface area contributed by atoms with Gasteiger partial charge in [0.2, 0.25) is 0 Å². The van der Waals surface area contributed by atoms with Gasteiger partial charge in [0.15, 0.2) is 0 Å². The highest BCUT2D eigenvalue weighted by atomic mass is 16.3. The lowest BCUT2D eigenvalue weighted by molar-refractivity contribution is 0.154. The van der Waals surface area contributed by atoms with E-state index in [9.17, 15) is 5.11 Å². The zero-order chi connectivity index (χ0) is 11.3. The monoisotopic (exact) mass is 208 g/mol. The molecule has 15 heavy (non-hydrogen) atoms. The van der Waals surface area contributed by atoms with Gasteiger partial charge in [-0.2, -0.15) is 5.10 Å². The molecule has 1 atom stereocenters. The average Bonchev–Trinajstić information content (AvgIpc) is 2.60. The molecule has 3 heteroatoms. The van der Waals surface area contributed by atoms with Gasteiger partial charge in [-0.25, -0.2) is 0 Å². The topological polar surface area (TPSA) is 38.1 Å². The molecule has 0 bridgehead atoms. The smallest absolute Gasteiger partial charge is 0.0956 e. The summed E-state index contributed by atoms with van der Waals surface area (Å²) in [6, 6.07) is 1.96. The van der Waals surface area contributed by atoms with Crippen molar-refractivity contribution in [1.82, 2.24) is 9.78 Å². The molecule has 1 N–H and O–H groups in total. The third kappa shape index (κ3) is 3.20. The molecular formula is C12H20N2O. The van der Waals surface area contributed by atoms with Crippen LogP contribution in [0.4, 0.5) is 0 Å². The minimum Gasteiger partial charge on any atom is -0.387 e. The lowest BCUT2D eigenvalue weighted by atomic mass is 10.1. The molecule has 3 nitrogen and oxygen atoms in total. The van der Waals surface area contributed by atoms with E-state index in [1.165, 1.54) is 0 Å². The Morgan fingerprint density at radius 1 is 1.67 bits per heavy atom. The van der Waals surface area contributed by atoms with Crippen molar-refractivity contribution in [2.75, 3.05) is 0 Å². The van der Waals surface area contributed by atoms with Gasteiger partial charge in [-0.1, -0.05) is 6.08 Å². The van der Waals surface area contributed by atoms with Crippen molar-refractivity contribution in [1.29, 1.82) is 0 Å². The molecule has 0 aliphatic carbocycles. The predicted molar refractivity (Wildman–Crippen MR) is 61.6 cm³/mol. The highest BCUT2D eigenvalue weighted by molar-refractivity contribution is 5.11. The molecule has 0 amide bonds. The summed E-state index contributed by atoms with van der Waals surface area (Å²) in [6.45, 7) is 8.46. The van der Waals surface area contributed by atoms with Crippen molar-refractivity contribution in [3.8, 4) is 0 Å². The summed E-state index contributed by atoms with van der Waals surface area (Å²) < 4.78 is 1.87. The number of aryl methyl sites for hydroxylation is 2. The minimum absolute atomic E-state index is 0.397. The third-order valence-corrected chi connectivity index (χ3v) is 2.46. The Morgan fingerprint density at radius 3 is 3.00 bits per heavy atom. The normalized spacial score (nSPS) is 12.7. The van der Waals surface area contributed by atoms with Crippen LogP contribution < -0.4 is 0 Å². The van der Waals surface area contributed by atoms with Crippen LogP contribution in [0.3, 0.4) is 0 Å². The van der Waals surface area contributed by atoms with E-state index in [0.717, 1.165) is 37.2 Å². The number of aromatic nitrogens is 2. The first-order valence-corrected chi connectivity index (χ1v) is 5.52. The van der Waals surface area contributed by atoms with E-state index in [2.05, 4.69) is 11.7 Å². The van der Waals surface area contributed by atoms with Gasteiger partial charge in [-0.15, -0.1) is 6.58 Å². The molecule has 0 aliphatic rings. The van der Waals surface area contributed by atoms with Crippen molar-refractivity contribution in [2.24, 2.45) is 0 Å². The third-order valence-electron chi connectivity index (χ3n) is 2.46. The molecular weight excluding hydrogens is 188 g/mol. The summed E-state index contributed by atoms with van der Waals surface area (Å²) in [6.07, 6.45) is 4.19. The van der Waals surface area contributed by atoms with Crippen LogP contribution in [0.5, 0.6) is 0 Å². The SMILES string of the molecule is C=CCCCC(O)c1cc(C)nn1CC. The Kier molecular flexibility index (Phi) is 4.56. The molecule has 0 aliphatic heterocycles. The number of aliphatic hydroxyl groups is 1. The van der Waals surface area contributed by atoms with Crippen molar-refractivity contribution in [2.45, 2.75) is 45.8 Å². The van der Waals surface area contributed by atoms with Gasteiger partial charge in [-0.3, -0.25) is 4.68 Å². The van der Waals surface area contributed by atoms with Gasteiger partial charge in [-0.05, 0) is 39.2 Å². The second-order valence-corrected chi connectivity index (χ2v) is 3.76. The molecule has 0 saturated heterocycles. The van der Waals surface area contributed by atoms with Crippen LogP contribution in [0.15, 0.2) is 18.7 Å². The van der Waals surface area contributed by atoms with Crippen LogP contribution in [-0.2, 0) is 6.54 Å². The van der Waals surface area contributed by atoms with Gasteiger partial charge in [0.25, 0.3) is 0 Å². The molecule has 1 rings (SSSR count). The lowest BCUT2D eigenvalue weighted by Crippen LogP contribution is -2.07. The molecule has 0 saturated carbocycles. The van der Waals surface area contributed by atoms with Gasteiger partial charge >= 0.3 is 0 Å². The number of unbranched alkanes of at least 4 members (excludes halogenated alkanes) is 1. The van der Waals surface area contributed by atoms with Crippen molar-refractivity contribution in [3.63, 3.8) is 0 Å². The van der Waals surface area contributed by atoms with Crippen LogP contribution in [-0.4, -0.2) is 14.9 Å². The predicted octanol–water partition coefficient (Wildman–Crippen LogP) is 2.60. The molecule has 1 aromatic rings. The summed E-state index contributed by atoms with van der Waals surface area (Å²) in [4.78, 5) is 0. The van der Waals surface area contributed by atoms with E-state index < -0.39 is 6.10 Å². The summed E-state index contributed by atoms with van der Waals surface area (Å²) in [5, 5.41) is 14.3. The summed E-state index contributed by atoms with van der Waals surface area (Å²) in [5.74, 6) is 0. The van der Waals surface area contributed by atoms with Crippen LogP contribution in [0.25, 0.3) is 0 Å². The fraction of sp³-hybridized carbons (Fsp3) is 0.583. The molecule has 0 fully saturated rings. The van der Waals surface area contributed by atoms with E-state index in [4.69, 9.17) is 0 Å². The minimum atomic E-state index is -0.397. The maximum absolute atomic E-state index is 9.98. The van der Waals surface area contributed by atoms with E-state index >= 15 is 0 Å². The Labute approximate surface area is 91.4 Å². The zero-order valence-electron chi connectivity index (χ0n) is 9.61. The van der Waals surface area contributed by atoms with Crippen LogP contribution in [0.2, 0.25) is 0 Å². The number of rotatable bonds is 6. The molecule has 0 radical (unpaired) electrons. The van der Waals surface area contributed by atoms with Crippen molar-refractivity contribution in [3.05, 3.63) is 30.1 Å². The number of hydrogen-bond donors (Lipinski definition) is 1. The van der Waals surface area contributed by atoms with Gasteiger partial charge in [0.1, 0.15) is 0 Å². The standard InChI is InChI=1S/C12H20N2O/c1-4-6-7-8-12(15)11-9-10(3)13-14(11)5-2/h4,9,12,15H,1,5-8H2,2-3H3. The fourth-order valence-corrected chi connectivity index (χ4v) is 1.69. The van der Waals surface area contributed by atoms with E-state index in [1.54, 1.807) is 0 Å². The maximum Gasteiger partial charge on any atom is 0.0956 e. The molecule has 0 spiro atoms. The van der Waals surface area contributed by atoms with Crippen LogP contribution in [0, 0.1) is 6.92 Å². The second-order valence-electron chi connectivity index (χ2n) is 3.76. The van der Waals surface area contributed by atoms with Gasteiger partial charge < -0.3 is 5.11 Å². The van der Waals surface area contributed by atoms with E-state index in [0.29, 0.717) is 0 Å². The largest absolute Gasteiger partial charge is 0.387 e. The first-order valence-electron chi connectivity index (χ1n) is 5.52. The summed E-state index contributed by atoms with van der Waals surface area (Å²) >= 11 is 0. The molecule has 1 aromatic heterocycles. The molecule has 0 aromatic carbocycles. The molecule has 1 heterocycles. The second kappa shape index (κ2) is 5.71. The fourth-order valence-electron chi connectivity index (χ4n) is 1.69. The highest BCUT2D eigenvalue weighted by Crippen LogP contribution is 2.20. The Hall–Kier alpha value is -1.09. The Balaban J connectivity index is 2.63.